The molecule has 2 heterocycles. The predicted molar refractivity (Wildman–Crippen MR) is 103 cm³/mol. The molecule has 2 aliphatic rings. The fourth-order valence-corrected chi connectivity index (χ4v) is 4.81. The van der Waals surface area contributed by atoms with Gasteiger partial charge in [-0.25, -0.2) is 0 Å². The molecular weight excluding hydrogens is 372 g/mol. The maximum atomic E-state index is 12.8. The number of carbonyl (C=O) groups is 1. The first kappa shape index (κ1) is 22.9. The number of carbonyl (C=O) groups excluding carboxylic acids is 1. The first-order valence-corrected chi connectivity index (χ1v) is 10.9. The van der Waals surface area contributed by atoms with Crippen molar-refractivity contribution in [3.8, 4) is 0 Å². The summed E-state index contributed by atoms with van der Waals surface area (Å²) in [5, 5.41) is 43.5. The lowest BCUT2D eigenvalue weighted by Gasteiger charge is -2.44. The number of likely N-dealkylation sites (N-methyl/N-ethyl adjacent to an activating group) is 1. The van der Waals surface area contributed by atoms with Gasteiger partial charge in [0.05, 0.1) is 18.2 Å². The second-order valence-electron chi connectivity index (χ2n) is 7.80. The van der Waals surface area contributed by atoms with E-state index in [1.807, 2.05) is 11.9 Å². The van der Waals surface area contributed by atoms with Crippen molar-refractivity contribution in [2.45, 2.75) is 81.1 Å². The van der Waals surface area contributed by atoms with E-state index >= 15 is 0 Å². The van der Waals surface area contributed by atoms with E-state index in [2.05, 4.69) is 12.2 Å². The van der Waals surface area contributed by atoms with Gasteiger partial charge in [-0.1, -0.05) is 13.3 Å². The third-order valence-corrected chi connectivity index (χ3v) is 6.51. The van der Waals surface area contributed by atoms with Gasteiger partial charge in [0.1, 0.15) is 29.9 Å². The minimum absolute atomic E-state index is 0.223. The van der Waals surface area contributed by atoms with E-state index in [4.69, 9.17) is 4.74 Å². The summed E-state index contributed by atoms with van der Waals surface area (Å²) in [6.45, 7) is 4.48. The number of hydrogen-bond acceptors (Lipinski definition) is 8. The van der Waals surface area contributed by atoms with Crippen molar-refractivity contribution >= 4 is 17.7 Å². The van der Waals surface area contributed by atoms with Gasteiger partial charge in [0.2, 0.25) is 5.91 Å². The van der Waals surface area contributed by atoms with Gasteiger partial charge in [0.15, 0.2) is 0 Å². The topological polar surface area (TPSA) is 122 Å². The number of nitrogens with zero attached hydrogens (tertiary/aromatic N) is 1. The normalized spacial score (nSPS) is 39.9. The van der Waals surface area contributed by atoms with Crippen LogP contribution in [-0.4, -0.2) is 99.1 Å². The van der Waals surface area contributed by atoms with Crippen LogP contribution in [0.1, 0.15) is 33.1 Å². The summed E-state index contributed by atoms with van der Waals surface area (Å²) >= 11 is 1.20. The van der Waals surface area contributed by atoms with Gasteiger partial charge in [-0.15, -0.1) is 11.8 Å². The Bertz CT molecular complexity index is 494. The Kier molecular flexibility index (Phi) is 8.35. The van der Waals surface area contributed by atoms with Crippen LogP contribution in [0, 0.1) is 5.92 Å². The largest absolute Gasteiger partial charge is 0.391 e. The first-order chi connectivity index (χ1) is 12.7. The minimum atomic E-state index is -1.42. The molecule has 8 nitrogen and oxygen atoms in total. The smallest absolute Gasteiger partial charge is 0.237 e. The molecule has 2 saturated heterocycles. The molecule has 9 atom stereocenters. The molecule has 2 unspecified atom stereocenters. The van der Waals surface area contributed by atoms with Crippen LogP contribution in [0.3, 0.4) is 0 Å². The molecule has 2 fully saturated rings. The number of hydrogen-bond donors (Lipinski definition) is 5. The van der Waals surface area contributed by atoms with Gasteiger partial charge in [-0.3, -0.25) is 9.69 Å². The minimum Gasteiger partial charge on any atom is -0.391 e. The van der Waals surface area contributed by atoms with E-state index in [9.17, 15) is 25.2 Å². The number of ether oxygens (including phenoxy) is 1. The van der Waals surface area contributed by atoms with Crippen molar-refractivity contribution in [3.05, 3.63) is 0 Å². The van der Waals surface area contributed by atoms with Crippen LogP contribution in [-0.2, 0) is 9.53 Å². The SMILES string of the molecule is CCC[C@H]1C[C@H](C(=O)NC(C(C)O)[C@H]2O[C@H](SC)[C@H](O)[C@@H](O)[C@H]2O)N(C)C1. The van der Waals surface area contributed by atoms with Crippen LogP contribution in [0.15, 0.2) is 0 Å². The summed E-state index contributed by atoms with van der Waals surface area (Å²) in [6.07, 6.45) is -1.50. The number of aliphatic hydroxyl groups is 4. The van der Waals surface area contributed by atoms with Crippen molar-refractivity contribution in [2.75, 3.05) is 19.8 Å². The van der Waals surface area contributed by atoms with Gasteiger partial charge in [-0.05, 0) is 39.0 Å². The lowest BCUT2D eigenvalue weighted by molar-refractivity contribution is -0.211. The average Bonchev–Trinajstić information content (AvgIpc) is 2.99. The molecule has 0 aromatic rings. The molecule has 158 valence electrons. The Morgan fingerprint density at radius 1 is 1.30 bits per heavy atom. The van der Waals surface area contributed by atoms with E-state index in [0.29, 0.717) is 5.92 Å². The molecular formula is C18H34N2O6S. The quantitative estimate of drug-likeness (QED) is 0.370. The number of nitrogens with one attached hydrogen (secondary N) is 1. The molecule has 0 radical (unpaired) electrons. The molecule has 2 aliphatic heterocycles. The Morgan fingerprint density at radius 3 is 2.52 bits per heavy atom. The van der Waals surface area contributed by atoms with Crippen molar-refractivity contribution < 1.29 is 30.0 Å². The summed E-state index contributed by atoms with van der Waals surface area (Å²) in [7, 11) is 1.91. The van der Waals surface area contributed by atoms with Gasteiger partial charge >= 0.3 is 0 Å². The Labute approximate surface area is 165 Å². The van der Waals surface area contributed by atoms with Crippen LogP contribution in [0.4, 0.5) is 0 Å². The third kappa shape index (κ3) is 5.14. The van der Waals surface area contributed by atoms with Crippen molar-refractivity contribution in [1.82, 2.24) is 10.2 Å². The van der Waals surface area contributed by atoms with E-state index < -0.39 is 42.0 Å². The monoisotopic (exact) mass is 406 g/mol. The average molecular weight is 407 g/mol. The highest BCUT2D eigenvalue weighted by atomic mass is 32.2. The molecule has 9 heteroatoms. The summed E-state index contributed by atoms with van der Waals surface area (Å²) in [5.41, 5.74) is -0.755. The van der Waals surface area contributed by atoms with Crippen molar-refractivity contribution in [3.63, 3.8) is 0 Å². The molecule has 0 saturated carbocycles. The second kappa shape index (κ2) is 9.87. The fourth-order valence-electron chi connectivity index (χ4n) is 4.13. The van der Waals surface area contributed by atoms with Gasteiger partial charge < -0.3 is 30.5 Å². The highest BCUT2D eigenvalue weighted by molar-refractivity contribution is 7.99. The Balaban J connectivity index is 2.09. The molecule has 1 amide bonds. The zero-order valence-electron chi connectivity index (χ0n) is 16.5. The number of amides is 1. The maximum Gasteiger partial charge on any atom is 0.237 e. The Morgan fingerprint density at radius 2 is 1.96 bits per heavy atom. The molecule has 0 aliphatic carbocycles. The van der Waals surface area contributed by atoms with Crippen LogP contribution < -0.4 is 5.32 Å². The van der Waals surface area contributed by atoms with E-state index in [1.54, 1.807) is 6.26 Å². The van der Waals surface area contributed by atoms with Crippen molar-refractivity contribution in [2.24, 2.45) is 5.92 Å². The van der Waals surface area contributed by atoms with Gasteiger partial charge in [0.25, 0.3) is 0 Å². The lowest BCUT2D eigenvalue weighted by atomic mass is 9.92. The zero-order chi connectivity index (χ0) is 20.3. The highest BCUT2D eigenvalue weighted by Crippen LogP contribution is 2.30. The number of likely N-dealkylation sites (tertiary alicyclic amines) is 1. The summed E-state index contributed by atoms with van der Waals surface area (Å²) in [5.74, 6) is 0.245. The lowest BCUT2D eigenvalue weighted by Crippen LogP contribution is -2.65. The van der Waals surface area contributed by atoms with Gasteiger partial charge in [-0.2, -0.15) is 0 Å². The van der Waals surface area contributed by atoms with Crippen LogP contribution in [0.5, 0.6) is 0 Å². The summed E-state index contributed by atoms with van der Waals surface area (Å²) in [4.78, 5) is 14.9. The molecule has 0 aromatic heterocycles. The fraction of sp³-hybridized carbons (Fsp3) is 0.944. The third-order valence-electron chi connectivity index (χ3n) is 5.66. The molecule has 27 heavy (non-hydrogen) atoms. The summed E-state index contributed by atoms with van der Waals surface area (Å²) < 4.78 is 5.72. The van der Waals surface area contributed by atoms with Gasteiger partial charge in [0, 0.05) is 6.54 Å². The predicted octanol–water partition coefficient (Wildman–Crippen LogP) is -0.857. The molecule has 2 rings (SSSR count). The zero-order valence-corrected chi connectivity index (χ0v) is 17.3. The first-order valence-electron chi connectivity index (χ1n) is 9.62. The molecule has 0 bridgehead atoms. The van der Waals surface area contributed by atoms with E-state index in [0.717, 1.165) is 25.8 Å². The van der Waals surface area contributed by atoms with E-state index in [1.165, 1.54) is 18.7 Å². The highest BCUT2D eigenvalue weighted by Gasteiger charge is 2.48. The second-order valence-corrected chi connectivity index (χ2v) is 8.73. The standard InChI is InChI=1S/C18H34N2O6S/c1-5-6-10-7-11(20(3)8-10)17(25)19-12(9(2)21)16-14(23)13(22)15(24)18(26-16)27-4/h9-16,18,21-24H,5-8H2,1-4H3,(H,19,25)/t9?,10-,11+,12?,13-,14+,15+,16+,18+/m0/s1. The number of thioether (sulfide) groups is 1. The Hall–Kier alpha value is -0.420. The number of rotatable bonds is 7. The van der Waals surface area contributed by atoms with Crippen molar-refractivity contribution in [1.29, 1.82) is 0 Å². The van der Waals surface area contributed by atoms with Crippen LogP contribution >= 0.6 is 11.8 Å². The van der Waals surface area contributed by atoms with Crippen LogP contribution in [0.2, 0.25) is 0 Å². The molecule has 0 aromatic carbocycles. The molecule has 0 spiro atoms. The molecule has 5 N–H and O–H groups in total. The number of aliphatic hydroxyl groups excluding tert-OH is 4. The summed E-state index contributed by atoms with van der Waals surface area (Å²) in [6, 6.07) is -1.20. The van der Waals surface area contributed by atoms with Crippen LogP contribution in [0.25, 0.3) is 0 Å². The van der Waals surface area contributed by atoms with E-state index in [-0.39, 0.29) is 11.9 Å². The maximum absolute atomic E-state index is 12.8.